The van der Waals surface area contributed by atoms with Crippen LogP contribution in [-0.2, 0) is 0 Å². The molecular weight excluding hydrogens is 214 g/mol. The largest absolute Gasteiger partial charge is 0.496 e. The number of halogens is 1. The van der Waals surface area contributed by atoms with Gasteiger partial charge in [0.05, 0.1) is 19.2 Å². The Bertz CT molecular complexity index is 364. The Morgan fingerprint density at radius 2 is 1.87 bits per heavy atom. The van der Waals surface area contributed by atoms with E-state index in [1.54, 1.807) is 26.4 Å². The summed E-state index contributed by atoms with van der Waals surface area (Å²) in [5.74, 6) is 1.32. The standard InChI is InChI=1S/C11H14ClNO2/c1-14-9-5-6-10(15-2)11(12)8(9)4-3-7-13/h3-6H,7,13H2,1-2H3/b4-3+. The van der Waals surface area contributed by atoms with Crippen LogP contribution in [0.4, 0.5) is 0 Å². The van der Waals surface area contributed by atoms with E-state index in [1.807, 2.05) is 12.2 Å². The molecule has 0 amide bonds. The molecule has 0 unspecified atom stereocenters. The Morgan fingerprint density at radius 1 is 1.27 bits per heavy atom. The van der Waals surface area contributed by atoms with Crippen molar-refractivity contribution in [1.82, 2.24) is 0 Å². The lowest BCUT2D eigenvalue weighted by Gasteiger charge is -2.10. The molecule has 0 bridgehead atoms. The predicted molar refractivity (Wildman–Crippen MR) is 62.6 cm³/mol. The van der Waals surface area contributed by atoms with Crippen LogP contribution in [-0.4, -0.2) is 20.8 Å². The first kappa shape index (κ1) is 11.9. The van der Waals surface area contributed by atoms with Gasteiger partial charge in [-0.05, 0) is 12.1 Å². The van der Waals surface area contributed by atoms with Gasteiger partial charge in [-0.2, -0.15) is 0 Å². The van der Waals surface area contributed by atoms with Crippen molar-refractivity contribution in [3.05, 3.63) is 28.8 Å². The van der Waals surface area contributed by atoms with E-state index in [9.17, 15) is 0 Å². The number of benzene rings is 1. The average molecular weight is 228 g/mol. The summed E-state index contributed by atoms with van der Waals surface area (Å²) in [6, 6.07) is 3.57. The summed E-state index contributed by atoms with van der Waals surface area (Å²) in [7, 11) is 3.17. The van der Waals surface area contributed by atoms with Crippen LogP contribution in [0.2, 0.25) is 5.02 Å². The number of hydrogen-bond acceptors (Lipinski definition) is 3. The van der Waals surface area contributed by atoms with Gasteiger partial charge in [-0.25, -0.2) is 0 Å². The van der Waals surface area contributed by atoms with Gasteiger partial charge in [-0.3, -0.25) is 0 Å². The molecule has 0 heterocycles. The van der Waals surface area contributed by atoms with E-state index in [4.69, 9.17) is 26.8 Å². The fourth-order valence-corrected chi connectivity index (χ4v) is 1.53. The Morgan fingerprint density at radius 3 is 2.40 bits per heavy atom. The summed E-state index contributed by atoms with van der Waals surface area (Å²) in [4.78, 5) is 0. The first-order valence-corrected chi connectivity index (χ1v) is 4.89. The minimum Gasteiger partial charge on any atom is -0.496 e. The van der Waals surface area contributed by atoms with Crippen molar-refractivity contribution < 1.29 is 9.47 Å². The minimum absolute atomic E-state index is 0.455. The van der Waals surface area contributed by atoms with Crippen molar-refractivity contribution >= 4 is 17.7 Å². The Balaban J connectivity index is 3.22. The Hall–Kier alpha value is -1.19. The molecule has 0 spiro atoms. The van der Waals surface area contributed by atoms with Crippen LogP contribution in [0.1, 0.15) is 5.56 Å². The van der Waals surface area contributed by atoms with E-state index in [-0.39, 0.29) is 0 Å². The molecule has 1 rings (SSSR count). The van der Waals surface area contributed by atoms with E-state index < -0.39 is 0 Å². The van der Waals surface area contributed by atoms with Crippen LogP contribution in [0.15, 0.2) is 18.2 Å². The zero-order valence-electron chi connectivity index (χ0n) is 8.79. The van der Waals surface area contributed by atoms with Gasteiger partial charge in [0.15, 0.2) is 0 Å². The average Bonchev–Trinajstić information content (AvgIpc) is 2.27. The lowest BCUT2D eigenvalue weighted by atomic mass is 10.1. The Kier molecular flexibility index (Phi) is 4.46. The molecule has 0 aliphatic carbocycles. The summed E-state index contributed by atoms with van der Waals surface area (Å²) in [6.07, 6.45) is 3.63. The third-order valence-electron chi connectivity index (χ3n) is 1.96. The molecule has 82 valence electrons. The molecular formula is C11H14ClNO2. The molecule has 0 saturated heterocycles. The van der Waals surface area contributed by atoms with Crippen molar-refractivity contribution in [3.63, 3.8) is 0 Å². The summed E-state index contributed by atoms with van der Waals surface area (Å²) in [6.45, 7) is 0.455. The molecule has 15 heavy (non-hydrogen) atoms. The highest BCUT2D eigenvalue weighted by molar-refractivity contribution is 6.33. The monoisotopic (exact) mass is 227 g/mol. The fourth-order valence-electron chi connectivity index (χ4n) is 1.23. The number of nitrogens with two attached hydrogens (primary N) is 1. The molecule has 0 aliphatic rings. The molecule has 0 radical (unpaired) electrons. The van der Waals surface area contributed by atoms with E-state index >= 15 is 0 Å². The van der Waals surface area contributed by atoms with Gasteiger partial charge in [0, 0.05) is 12.1 Å². The highest BCUT2D eigenvalue weighted by atomic mass is 35.5. The van der Waals surface area contributed by atoms with E-state index in [0.717, 1.165) is 5.56 Å². The van der Waals surface area contributed by atoms with Gasteiger partial charge in [-0.15, -0.1) is 0 Å². The number of rotatable bonds is 4. The third kappa shape index (κ3) is 2.64. The van der Waals surface area contributed by atoms with Gasteiger partial charge >= 0.3 is 0 Å². The van der Waals surface area contributed by atoms with Gasteiger partial charge in [0.25, 0.3) is 0 Å². The zero-order chi connectivity index (χ0) is 11.3. The van der Waals surface area contributed by atoms with Crippen LogP contribution in [0.3, 0.4) is 0 Å². The van der Waals surface area contributed by atoms with Gasteiger partial charge < -0.3 is 15.2 Å². The van der Waals surface area contributed by atoms with Crippen molar-refractivity contribution in [2.24, 2.45) is 5.73 Å². The van der Waals surface area contributed by atoms with Crippen LogP contribution in [0, 0.1) is 0 Å². The number of ether oxygens (including phenoxy) is 2. The van der Waals surface area contributed by atoms with Gasteiger partial charge in [-0.1, -0.05) is 23.8 Å². The number of hydrogen-bond donors (Lipinski definition) is 1. The second-order valence-corrected chi connectivity index (χ2v) is 3.21. The molecule has 0 fully saturated rings. The Labute approximate surface area is 94.4 Å². The molecule has 1 aromatic rings. The third-order valence-corrected chi connectivity index (χ3v) is 2.35. The second-order valence-electron chi connectivity index (χ2n) is 2.84. The first-order chi connectivity index (χ1) is 7.24. The molecule has 3 nitrogen and oxygen atoms in total. The molecule has 0 atom stereocenters. The van der Waals surface area contributed by atoms with Crippen LogP contribution in [0.25, 0.3) is 6.08 Å². The molecule has 1 aromatic carbocycles. The highest BCUT2D eigenvalue weighted by Gasteiger charge is 2.09. The van der Waals surface area contributed by atoms with E-state index in [2.05, 4.69) is 0 Å². The molecule has 0 aliphatic heterocycles. The maximum absolute atomic E-state index is 6.13. The van der Waals surface area contributed by atoms with Crippen molar-refractivity contribution in [2.75, 3.05) is 20.8 Å². The zero-order valence-corrected chi connectivity index (χ0v) is 9.54. The van der Waals surface area contributed by atoms with Crippen LogP contribution in [0.5, 0.6) is 11.5 Å². The van der Waals surface area contributed by atoms with Crippen molar-refractivity contribution in [1.29, 1.82) is 0 Å². The molecule has 0 saturated carbocycles. The van der Waals surface area contributed by atoms with Crippen LogP contribution < -0.4 is 15.2 Å². The summed E-state index contributed by atoms with van der Waals surface area (Å²) in [5, 5.41) is 0.529. The minimum atomic E-state index is 0.455. The van der Waals surface area contributed by atoms with Crippen molar-refractivity contribution in [2.45, 2.75) is 0 Å². The SMILES string of the molecule is COc1ccc(OC)c(/C=C/CN)c1Cl. The summed E-state index contributed by atoms with van der Waals surface area (Å²) < 4.78 is 10.3. The van der Waals surface area contributed by atoms with E-state index in [0.29, 0.717) is 23.1 Å². The smallest absolute Gasteiger partial charge is 0.138 e. The van der Waals surface area contributed by atoms with Gasteiger partial charge in [0.1, 0.15) is 11.5 Å². The lowest BCUT2D eigenvalue weighted by molar-refractivity contribution is 0.402. The highest BCUT2D eigenvalue weighted by Crippen LogP contribution is 2.35. The quantitative estimate of drug-likeness (QED) is 0.859. The topological polar surface area (TPSA) is 44.5 Å². The maximum atomic E-state index is 6.13. The second kappa shape index (κ2) is 5.63. The fraction of sp³-hybridized carbons (Fsp3) is 0.273. The maximum Gasteiger partial charge on any atom is 0.138 e. The van der Waals surface area contributed by atoms with E-state index in [1.165, 1.54) is 0 Å². The van der Waals surface area contributed by atoms with Crippen LogP contribution >= 0.6 is 11.6 Å². The predicted octanol–water partition coefficient (Wildman–Crippen LogP) is 2.33. The number of methoxy groups -OCH3 is 2. The first-order valence-electron chi connectivity index (χ1n) is 4.51. The molecule has 0 aromatic heterocycles. The summed E-state index contributed by atoms with van der Waals surface area (Å²) in [5.41, 5.74) is 6.17. The molecule has 4 heteroatoms. The normalized spacial score (nSPS) is 10.7. The lowest BCUT2D eigenvalue weighted by Crippen LogP contribution is -1.94. The molecule has 2 N–H and O–H groups in total. The van der Waals surface area contributed by atoms with Gasteiger partial charge in [0.2, 0.25) is 0 Å². The van der Waals surface area contributed by atoms with Crippen molar-refractivity contribution in [3.8, 4) is 11.5 Å². The summed E-state index contributed by atoms with van der Waals surface area (Å²) >= 11 is 6.13.